The Morgan fingerprint density at radius 1 is 1.26 bits per heavy atom. The number of rotatable bonds is 3. The number of hydrogen-bond donors (Lipinski definition) is 1. The lowest BCUT2D eigenvalue weighted by Crippen LogP contribution is -2.27. The first-order valence-electron chi connectivity index (χ1n) is 5.37. The summed E-state index contributed by atoms with van der Waals surface area (Å²) in [5.74, 6) is 0. The zero-order valence-electron chi connectivity index (χ0n) is 10.1. The molecule has 0 bridgehead atoms. The van der Waals surface area contributed by atoms with Crippen molar-refractivity contribution in [2.24, 2.45) is 0 Å². The summed E-state index contributed by atoms with van der Waals surface area (Å²) < 4.78 is 26.1. The number of nitrogen functional groups attached to an aromatic ring is 1. The molecule has 7 heteroatoms. The number of nitrogens with two attached hydrogens (primary N) is 1. The monoisotopic (exact) mass is 297 g/mol. The molecule has 0 aliphatic carbocycles. The van der Waals surface area contributed by atoms with Crippen molar-refractivity contribution in [3.8, 4) is 0 Å². The van der Waals surface area contributed by atoms with E-state index >= 15 is 0 Å². The van der Waals surface area contributed by atoms with Crippen LogP contribution in [-0.4, -0.2) is 20.4 Å². The van der Waals surface area contributed by atoms with Crippen LogP contribution in [0.5, 0.6) is 0 Å². The fraction of sp³-hybridized carbons (Fsp3) is 0.0833. The van der Waals surface area contributed by atoms with Gasteiger partial charge in [-0.2, -0.15) is 0 Å². The van der Waals surface area contributed by atoms with Crippen molar-refractivity contribution in [1.29, 1.82) is 0 Å². The zero-order valence-corrected chi connectivity index (χ0v) is 11.7. The summed E-state index contributed by atoms with van der Waals surface area (Å²) in [5, 5.41) is 0.0933. The van der Waals surface area contributed by atoms with Crippen LogP contribution in [0.15, 0.2) is 47.6 Å². The van der Waals surface area contributed by atoms with Crippen LogP contribution in [0.3, 0.4) is 0 Å². The van der Waals surface area contributed by atoms with E-state index in [1.807, 2.05) is 0 Å². The lowest BCUT2D eigenvalue weighted by atomic mass is 10.3. The summed E-state index contributed by atoms with van der Waals surface area (Å²) in [7, 11) is -2.39. The van der Waals surface area contributed by atoms with Crippen LogP contribution in [0.25, 0.3) is 0 Å². The molecule has 2 aromatic rings. The Bertz CT molecular complexity index is 669. The summed E-state index contributed by atoms with van der Waals surface area (Å²) in [6.45, 7) is 0. The molecule has 1 aromatic heterocycles. The van der Waals surface area contributed by atoms with Crippen molar-refractivity contribution in [3.63, 3.8) is 0 Å². The minimum Gasteiger partial charge on any atom is -0.398 e. The maximum absolute atomic E-state index is 12.5. The van der Waals surface area contributed by atoms with Gasteiger partial charge in [-0.1, -0.05) is 17.7 Å². The second kappa shape index (κ2) is 5.07. The average molecular weight is 298 g/mol. The van der Waals surface area contributed by atoms with Gasteiger partial charge in [0.1, 0.15) is 4.90 Å². The van der Waals surface area contributed by atoms with E-state index in [1.54, 1.807) is 24.4 Å². The third-order valence-electron chi connectivity index (χ3n) is 2.63. The molecule has 2 rings (SSSR count). The number of halogens is 1. The van der Waals surface area contributed by atoms with Gasteiger partial charge in [-0.05, 0) is 24.3 Å². The molecule has 19 heavy (non-hydrogen) atoms. The van der Waals surface area contributed by atoms with Crippen LogP contribution < -0.4 is 10.0 Å². The van der Waals surface area contributed by atoms with Gasteiger partial charge in [-0.3, -0.25) is 9.29 Å². The first-order valence-corrected chi connectivity index (χ1v) is 7.19. The van der Waals surface area contributed by atoms with Crippen LogP contribution in [-0.2, 0) is 10.0 Å². The van der Waals surface area contributed by atoms with E-state index in [9.17, 15) is 8.42 Å². The molecule has 100 valence electrons. The van der Waals surface area contributed by atoms with E-state index in [1.165, 1.54) is 25.4 Å². The van der Waals surface area contributed by atoms with Gasteiger partial charge in [0.25, 0.3) is 10.0 Å². The van der Waals surface area contributed by atoms with Crippen molar-refractivity contribution in [2.45, 2.75) is 4.90 Å². The highest BCUT2D eigenvalue weighted by atomic mass is 35.5. The molecule has 0 aliphatic rings. The summed E-state index contributed by atoms with van der Waals surface area (Å²) in [6.07, 6.45) is 3.01. The van der Waals surface area contributed by atoms with E-state index in [2.05, 4.69) is 4.98 Å². The quantitative estimate of drug-likeness (QED) is 0.881. The molecule has 1 heterocycles. The third-order valence-corrected chi connectivity index (χ3v) is 4.96. The molecule has 1 aromatic carbocycles. The van der Waals surface area contributed by atoms with E-state index in [-0.39, 0.29) is 15.6 Å². The number of sulfonamides is 1. The Balaban J connectivity index is 2.55. The van der Waals surface area contributed by atoms with Crippen molar-refractivity contribution in [1.82, 2.24) is 4.98 Å². The molecule has 0 saturated heterocycles. The van der Waals surface area contributed by atoms with Crippen LogP contribution >= 0.6 is 11.6 Å². The molecule has 0 atom stereocenters. The standard InChI is InChI=1S/C12H12ClN3O2S/c1-16(9-4-3-7-15-8-9)19(17,18)12-10(13)5-2-6-11(12)14/h2-8H,14H2,1H3. The molecular weight excluding hydrogens is 286 g/mol. The molecule has 2 N–H and O–H groups in total. The SMILES string of the molecule is CN(c1cccnc1)S(=O)(=O)c1c(N)cccc1Cl. The van der Waals surface area contributed by atoms with E-state index in [0.717, 1.165) is 4.31 Å². The summed E-state index contributed by atoms with van der Waals surface area (Å²) in [5.41, 5.74) is 6.26. The van der Waals surface area contributed by atoms with Gasteiger partial charge in [-0.25, -0.2) is 8.42 Å². The van der Waals surface area contributed by atoms with Gasteiger partial charge >= 0.3 is 0 Å². The smallest absolute Gasteiger partial charge is 0.267 e. The van der Waals surface area contributed by atoms with Crippen LogP contribution in [0.2, 0.25) is 5.02 Å². The highest BCUT2D eigenvalue weighted by Gasteiger charge is 2.26. The van der Waals surface area contributed by atoms with E-state index in [0.29, 0.717) is 5.69 Å². The molecule has 0 unspecified atom stereocenters. The average Bonchev–Trinajstić information content (AvgIpc) is 2.38. The van der Waals surface area contributed by atoms with Crippen molar-refractivity contribution in [2.75, 3.05) is 17.1 Å². The van der Waals surface area contributed by atoms with Gasteiger partial charge in [0.05, 0.1) is 22.6 Å². The number of pyridine rings is 1. The highest BCUT2D eigenvalue weighted by Crippen LogP contribution is 2.31. The predicted octanol–water partition coefficient (Wildman–Crippen LogP) is 2.14. The largest absolute Gasteiger partial charge is 0.398 e. The zero-order chi connectivity index (χ0) is 14.0. The maximum atomic E-state index is 12.5. The van der Waals surface area contributed by atoms with Crippen molar-refractivity contribution >= 4 is 33.0 Å². The normalized spacial score (nSPS) is 11.3. The first-order chi connectivity index (χ1) is 8.94. The Morgan fingerprint density at radius 2 is 2.00 bits per heavy atom. The topological polar surface area (TPSA) is 76.3 Å². The van der Waals surface area contributed by atoms with E-state index < -0.39 is 10.0 Å². The molecular formula is C12H12ClN3O2S. The fourth-order valence-corrected chi connectivity index (χ4v) is 3.43. The Kier molecular flexibility index (Phi) is 3.64. The predicted molar refractivity (Wildman–Crippen MR) is 75.7 cm³/mol. The Labute approximate surface area is 116 Å². The number of aromatic nitrogens is 1. The van der Waals surface area contributed by atoms with Gasteiger partial charge in [0.2, 0.25) is 0 Å². The number of anilines is 2. The van der Waals surface area contributed by atoms with Crippen LogP contribution in [0, 0.1) is 0 Å². The number of nitrogens with zero attached hydrogens (tertiary/aromatic N) is 2. The van der Waals surface area contributed by atoms with Crippen molar-refractivity contribution < 1.29 is 8.42 Å². The number of benzene rings is 1. The molecule has 0 saturated carbocycles. The molecule has 0 amide bonds. The molecule has 0 radical (unpaired) electrons. The Hall–Kier alpha value is -1.79. The summed E-state index contributed by atoms with van der Waals surface area (Å²) >= 11 is 5.94. The van der Waals surface area contributed by atoms with Crippen LogP contribution in [0.1, 0.15) is 0 Å². The maximum Gasteiger partial charge on any atom is 0.267 e. The lowest BCUT2D eigenvalue weighted by Gasteiger charge is -2.20. The van der Waals surface area contributed by atoms with Gasteiger partial charge in [0, 0.05) is 13.2 Å². The van der Waals surface area contributed by atoms with Crippen molar-refractivity contribution in [3.05, 3.63) is 47.7 Å². The van der Waals surface area contributed by atoms with E-state index in [4.69, 9.17) is 17.3 Å². The lowest BCUT2D eigenvalue weighted by molar-refractivity contribution is 0.595. The minimum atomic E-state index is -3.82. The second-order valence-electron chi connectivity index (χ2n) is 3.84. The highest BCUT2D eigenvalue weighted by molar-refractivity contribution is 7.93. The fourth-order valence-electron chi connectivity index (χ4n) is 1.61. The summed E-state index contributed by atoms with van der Waals surface area (Å²) in [6, 6.07) is 7.87. The van der Waals surface area contributed by atoms with Gasteiger partial charge in [-0.15, -0.1) is 0 Å². The second-order valence-corrected chi connectivity index (χ2v) is 6.16. The first kappa shape index (κ1) is 13.6. The number of hydrogen-bond acceptors (Lipinski definition) is 4. The third kappa shape index (κ3) is 2.50. The molecule has 0 spiro atoms. The molecule has 0 fully saturated rings. The van der Waals surface area contributed by atoms with Crippen LogP contribution in [0.4, 0.5) is 11.4 Å². The van der Waals surface area contributed by atoms with Gasteiger partial charge in [0.15, 0.2) is 0 Å². The van der Waals surface area contributed by atoms with Gasteiger partial charge < -0.3 is 5.73 Å². The molecule has 5 nitrogen and oxygen atoms in total. The Morgan fingerprint density at radius 3 is 2.58 bits per heavy atom. The molecule has 0 aliphatic heterocycles. The summed E-state index contributed by atoms with van der Waals surface area (Å²) in [4.78, 5) is 3.79. The minimum absolute atomic E-state index is 0.0933.